The first-order chi connectivity index (χ1) is 11.0. The molecule has 0 saturated heterocycles. The molecule has 1 atom stereocenters. The lowest BCUT2D eigenvalue weighted by Gasteiger charge is -2.57. The van der Waals surface area contributed by atoms with Crippen molar-refractivity contribution in [3.8, 4) is 0 Å². The van der Waals surface area contributed by atoms with Gasteiger partial charge in [-0.2, -0.15) is 0 Å². The monoisotopic (exact) mass is 313 g/mol. The standard InChI is InChI=1S/C20H27NO2/c1-13-2-4-17(5-3-13)18(22)19(23)21-12-20-9-14-6-15(10-20)8-16(7-14)11-20/h2-5,14-16,18,22H,6-12H2,1H3,(H,21,23). The number of rotatable bonds is 4. The number of benzene rings is 1. The summed E-state index contributed by atoms with van der Waals surface area (Å²) in [4.78, 5) is 12.4. The van der Waals surface area contributed by atoms with Gasteiger partial charge in [0.2, 0.25) is 0 Å². The van der Waals surface area contributed by atoms with E-state index in [-0.39, 0.29) is 5.91 Å². The Kier molecular flexibility index (Phi) is 3.72. The molecule has 2 N–H and O–H groups in total. The van der Waals surface area contributed by atoms with Crippen LogP contribution in [0.3, 0.4) is 0 Å². The molecule has 0 aliphatic heterocycles. The van der Waals surface area contributed by atoms with Gasteiger partial charge in [0.15, 0.2) is 6.10 Å². The third kappa shape index (κ3) is 2.91. The molecule has 0 radical (unpaired) electrons. The third-order valence-electron chi connectivity index (χ3n) is 6.44. The fraction of sp³-hybridized carbons (Fsp3) is 0.650. The van der Waals surface area contributed by atoms with Gasteiger partial charge in [-0.15, -0.1) is 0 Å². The Hall–Kier alpha value is -1.35. The molecular weight excluding hydrogens is 286 g/mol. The first-order valence-electron chi connectivity index (χ1n) is 9.05. The molecule has 4 aliphatic rings. The van der Waals surface area contributed by atoms with E-state index in [9.17, 15) is 9.90 Å². The van der Waals surface area contributed by atoms with Gasteiger partial charge in [-0.3, -0.25) is 4.79 Å². The van der Waals surface area contributed by atoms with Crippen molar-refractivity contribution in [1.29, 1.82) is 0 Å². The molecule has 1 unspecified atom stereocenters. The highest BCUT2D eigenvalue weighted by Gasteiger charge is 2.50. The summed E-state index contributed by atoms with van der Waals surface area (Å²) in [6.45, 7) is 2.75. The SMILES string of the molecule is Cc1ccc(C(O)C(=O)NCC23CC4CC(CC(C4)C2)C3)cc1. The molecule has 0 aromatic heterocycles. The lowest BCUT2D eigenvalue weighted by Crippen LogP contribution is -2.51. The van der Waals surface area contributed by atoms with E-state index >= 15 is 0 Å². The zero-order valence-corrected chi connectivity index (χ0v) is 13.9. The number of amides is 1. The second kappa shape index (κ2) is 5.62. The first kappa shape index (κ1) is 15.2. The van der Waals surface area contributed by atoms with Gasteiger partial charge < -0.3 is 10.4 Å². The number of hydrogen-bond donors (Lipinski definition) is 2. The van der Waals surface area contributed by atoms with Gasteiger partial charge in [-0.25, -0.2) is 0 Å². The Morgan fingerprint density at radius 3 is 2.17 bits per heavy atom. The number of hydrogen-bond acceptors (Lipinski definition) is 2. The summed E-state index contributed by atoms with van der Waals surface area (Å²) in [5, 5.41) is 13.3. The third-order valence-corrected chi connectivity index (χ3v) is 6.44. The first-order valence-corrected chi connectivity index (χ1v) is 9.05. The molecule has 1 aromatic rings. The van der Waals surface area contributed by atoms with Crippen LogP contribution >= 0.6 is 0 Å². The molecule has 124 valence electrons. The summed E-state index contributed by atoms with van der Waals surface area (Å²) < 4.78 is 0. The molecule has 4 saturated carbocycles. The van der Waals surface area contributed by atoms with Crippen LogP contribution in [0.4, 0.5) is 0 Å². The molecule has 23 heavy (non-hydrogen) atoms. The number of carbonyl (C=O) groups excluding carboxylic acids is 1. The van der Waals surface area contributed by atoms with Crippen molar-refractivity contribution in [2.24, 2.45) is 23.2 Å². The Morgan fingerprint density at radius 2 is 1.65 bits per heavy atom. The zero-order chi connectivity index (χ0) is 16.0. The minimum atomic E-state index is -1.05. The van der Waals surface area contributed by atoms with Crippen LogP contribution in [0.25, 0.3) is 0 Å². The summed E-state index contributed by atoms with van der Waals surface area (Å²) in [7, 11) is 0. The maximum atomic E-state index is 12.4. The quantitative estimate of drug-likeness (QED) is 0.895. The normalized spacial score (nSPS) is 36.0. The van der Waals surface area contributed by atoms with Gasteiger partial charge in [0.05, 0.1) is 0 Å². The van der Waals surface area contributed by atoms with Crippen LogP contribution < -0.4 is 5.32 Å². The van der Waals surface area contributed by atoms with E-state index < -0.39 is 6.10 Å². The van der Waals surface area contributed by atoms with Gasteiger partial charge in [-0.1, -0.05) is 29.8 Å². The maximum Gasteiger partial charge on any atom is 0.253 e. The van der Waals surface area contributed by atoms with Crippen molar-refractivity contribution in [2.45, 2.75) is 51.6 Å². The molecule has 4 aliphatic carbocycles. The van der Waals surface area contributed by atoms with E-state index in [1.54, 1.807) is 0 Å². The highest BCUT2D eigenvalue weighted by Crippen LogP contribution is 2.59. The second-order valence-corrected chi connectivity index (χ2v) is 8.45. The smallest absolute Gasteiger partial charge is 0.253 e. The minimum absolute atomic E-state index is 0.246. The predicted octanol–water partition coefficient (Wildman–Crippen LogP) is 3.36. The van der Waals surface area contributed by atoms with Crippen LogP contribution in [0.15, 0.2) is 24.3 Å². The van der Waals surface area contributed by atoms with Crippen molar-refractivity contribution in [3.05, 3.63) is 35.4 Å². The average Bonchev–Trinajstić information content (AvgIpc) is 2.51. The largest absolute Gasteiger partial charge is 0.378 e. The van der Waals surface area contributed by atoms with Crippen molar-refractivity contribution in [2.75, 3.05) is 6.54 Å². The highest BCUT2D eigenvalue weighted by molar-refractivity contribution is 5.81. The number of aliphatic hydroxyl groups is 1. The van der Waals surface area contributed by atoms with Gasteiger partial charge in [0.1, 0.15) is 0 Å². The van der Waals surface area contributed by atoms with Crippen LogP contribution in [0.5, 0.6) is 0 Å². The lowest BCUT2D eigenvalue weighted by atomic mass is 9.49. The van der Waals surface area contributed by atoms with Crippen molar-refractivity contribution in [1.82, 2.24) is 5.32 Å². The van der Waals surface area contributed by atoms with Crippen LogP contribution in [-0.4, -0.2) is 17.6 Å². The molecule has 4 fully saturated rings. The number of nitrogens with one attached hydrogen (secondary N) is 1. The van der Waals surface area contributed by atoms with Crippen molar-refractivity contribution < 1.29 is 9.90 Å². The Bertz CT molecular complexity index is 557. The molecule has 0 spiro atoms. The summed E-state index contributed by atoms with van der Waals surface area (Å²) in [6.07, 6.45) is 7.03. The molecule has 0 heterocycles. The van der Waals surface area contributed by atoms with E-state index in [1.807, 2.05) is 31.2 Å². The van der Waals surface area contributed by atoms with Gasteiger partial charge >= 0.3 is 0 Å². The number of aliphatic hydroxyl groups excluding tert-OH is 1. The van der Waals surface area contributed by atoms with Crippen LogP contribution in [0.1, 0.15) is 55.8 Å². The fourth-order valence-electron chi connectivity index (χ4n) is 5.78. The highest BCUT2D eigenvalue weighted by atomic mass is 16.3. The minimum Gasteiger partial charge on any atom is -0.378 e. The molecule has 5 rings (SSSR count). The zero-order valence-electron chi connectivity index (χ0n) is 13.9. The van der Waals surface area contributed by atoms with E-state index in [1.165, 1.54) is 38.5 Å². The van der Waals surface area contributed by atoms with Crippen LogP contribution in [0.2, 0.25) is 0 Å². The molecule has 1 amide bonds. The van der Waals surface area contributed by atoms with Crippen molar-refractivity contribution >= 4 is 5.91 Å². The summed E-state index contributed by atoms with van der Waals surface area (Å²) in [5.41, 5.74) is 2.13. The Morgan fingerprint density at radius 1 is 1.13 bits per heavy atom. The second-order valence-electron chi connectivity index (χ2n) is 8.45. The van der Waals surface area contributed by atoms with Crippen LogP contribution in [-0.2, 0) is 4.79 Å². The molecular formula is C20H27NO2. The predicted molar refractivity (Wildman–Crippen MR) is 89.8 cm³/mol. The Labute approximate surface area is 138 Å². The summed E-state index contributed by atoms with van der Waals surface area (Å²) in [5.74, 6) is 2.42. The molecule has 3 nitrogen and oxygen atoms in total. The van der Waals surface area contributed by atoms with E-state index in [4.69, 9.17) is 0 Å². The van der Waals surface area contributed by atoms with Gasteiger partial charge in [0.25, 0.3) is 5.91 Å². The van der Waals surface area contributed by atoms with Crippen LogP contribution in [0, 0.1) is 30.1 Å². The average molecular weight is 313 g/mol. The number of aryl methyl sites for hydroxylation is 1. The van der Waals surface area contributed by atoms with Gasteiger partial charge in [0, 0.05) is 6.54 Å². The Balaban J connectivity index is 1.39. The lowest BCUT2D eigenvalue weighted by molar-refractivity contribution is -0.131. The molecule has 1 aromatic carbocycles. The number of carbonyl (C=O) groups is 1. The van der Waals surface area contributed by atoms with Crippen molar-refractivity contribution in [3.63, 3.8) is 0 Å². The summed E-state index contributed by atoms with van der Waals surface area (Å²) >= 11 is 0. The fourth-order valence-corrected chi connectivity index (χ4v) is 5.78. The van der Waals surface area contributed by atoms with E-state index in [0.29, 0.717) is 11.0 Å². The molecule has 4 bridgehead atoms. The van der Waals surface area contributed by atoms with E-state index in [2.05, 4.69) is 5.32 Å². The summed E-state index contributed by atoms with van der Waals surface area (Å²) in [6, 6.07) is 7.55. The van der Waals surface area contributed by atoms with E-state index in [0.717, 1.165) is 29.9 Å². The van der Waals surface area contributed by atoms with Gasteiger partial charge in [-0.05, 0) is 74.2 Å². The maximum absolute atomic E-state index is 12.4. The topological polar surface area (TPSA) is 49.3 Å². The molecule has 3 heteroatoms.